The highest BCUT2D eigenvalue weighted by Crippen LogP contribution is 2.31. The number of thiophene rings is 1. The summed E-state index contributed by atoms with van der Waals surface area (Å²) in [4.78, 5) is 21.1. The van der Waals surface area contributed by atoms with Gasteiger partial charge < -0.3 is 5.32 Å². The van der Waals surface area contributed by atoms with Crippen molar-refractivity contribution in [3.8, 4) is 16.6 Å². The summed E-state index contributed by atoms with van der Waals surface area (Å²) in [6.07, 6.45) is 1.69. The van der Waals surface area contributed by atoms with Gasteiger partial charge in [-0.25, -0.2) is 0 Å². The third-order valence-electron chi connectivity index (χ3n) is 4.73. The number of rotatable bonds is 5. The molecular formula is C22H20N4OS2. The number of anilines is 1. The fraction of sp³-hybridized carbons (Fsp3) is 0.227. The highest BCUT2D eigenvalue weighted by molar-refractivity contribution is 7.99. The summed E-state index contributed by atoms with van der Waals surface area (Å²) in [5, 5.41) is 12.0. The number of amides is 1. The van der Waals surface area contributed by atoms with Crippen LogP contribution in [0, 0.1) is 11.3 Å². The van der Waals surface area contributed by atoms with Gasteiger partial charge in [0.15, 0.2) is 0 Å². The van der Waals surface area contributed by atoms with Crippen molar-refractivity contribution in [2.75, 3.05) is 29.9 Å². The second kappa shape index (κ2) is 9.23. The summed E-state index contributed by atoms with van der Waals surface area (Å²) < 4.78 is 0. The van der Waals surface area contributed by atoms with Crippen LogP contribution < -0.4 is 5.32 Å². The largest absolute Gasteiger partial charge is 0.320 e. The van der Waals surface area contributed by atoms with Crippen molar-refractivity contribution in [3.05, 3.63) is 70.7 Å². The molecule has 1 aromatic carbocycles. The number of nitriles is 1. The van der Waals surface area contributed by atoms with E-state index >= 15 is 0 Å². The third-order valence-corrected chi connectivity index (χ3v) is 6.67. The highest BCUT2D eigenvalue weighted by atomic mass is 32.2. The van der Waals surface area contributed by atoms with Gasteiger partial charge in [0.05, 0.1) is 10.6 Å². The van der Waals surface area contributed by atoms with Crippen LogP contribution in [0.15, 0.2) is 54.7 Å². The van der Waals surface area contributed by atoms with Crippen LogP contribution in [0.2, 0.25) is 0 Å². The van der Waals surface area contributed by atoms with E-state index in [0.29, 0.717) is 21.8 Å². The van der Waals surface area contributed by atoms with E-state index in [0.717, 1.165) is 24.5 Å². The summed E-state index contributed by atoms with van der Waals surface area (Å²) in [5.74, 6) is 2.21. The van der Waals surface area contributed by atoms with Gasteiger partial charge in [-0.05, 0) is 42.0 Å². The highest BCUT2D eigenvalue weighted by Gasteiger charge is 2.14. The molecular weight excluding hydrogens is 400 g/mol. The number of benzene rings is 1. The van der Waals surface area contributed by atoms with Gasteiger partial charge in [0.25, 0.3) is 5.91 Å². The Kier molecular flexibility index (Phi) is 6.25. The molecule has 0 radical (unpaired) electrons. The maximum absolute atomic E-state index is 12.8. The number of aromatic nitrogens is 1. The zero-order valence-corrected chi connectivity index (χ0v) is 17.4. The predicted molar refractivity (Wildman–Crippen MR) is 119 cm³/mol. The summed E-state index contributed by atoms with van der Waals surface area (Å²) in [6, 6.07) is 17.2. The predicted octanol–water partition coefficient (Wildman–Crippen LogP) is 4.48. The van der Waals surface area contributed by atoms with Crippen LogP contribution in [0.5, 0.6) is 0 Å². The van der Waals surface area contributed by atoms with E-state index in [-0.39, 0.29) is 5.91 Å². The molecule has 0 aliphatic carbocycles. The molecule has 3 aromatic rings. The Hall–Kier alpha value is -2.66. The Balaban J connectivity index is 1.46. The molecule has 0 atom stereocenters. The molecule has 2 aromatic heterocycles. The molecule has 1 aliphatic rings. The third kappa shape index (κ3) is 4.85. The molecule has 3 heterocycles. The average Bonchev–Trinajstić information content (AvgIpc) is 3.24. The van der Waals surface area contributed by atoms with Gasteiger partial charge in [0.2, 0.25) is 0 Å². The first kappa shape index (κ1) is 19.6. The molecule has 1 amide bonds. The van der Waals surface area contributed by atoms with E-state index in [1.54, 1.807) is 18.3 Å². The van der Waals surface area contributed by atoms with Gasteiger partial charge >= 0.3 is 0 Å². The molecule has 1 saturated heterocycles. The van der Waals surface area contributed by atoms with Gasteiger partial charge in [0.1, 0.15) is 16.6 Å². The van der Waals surface area contributed by atoms with Crippen molar-refractivity contribution < 1.29 is 4.79 Å². The fourth-order valence-corrected chi connectivity index (χ4v) is 4.99. The fourth-order valence-electron chi connectivity index (χ4n) is 3.20. The summed E-state index contributed by atoms with van der Waals surface area (Å²) in [6.45, 7) is 3.16. The Morgan fingerprint density at radius 1 is 1.14 bits per heavy atom. The Morgan fingerprint density at radius 2 is 1.93 bits per heavy atom. The van der Waals surface area contributed by atoms with Crippen LogP contribution in [0.1, 0.15) is 20.8 Å². The van der Waals surface area contributed by atoms with Crippen molar-refractivity contribution >= 4 is 34.7 Å². The zero-order chi connectivity index (χ0) is 20.1. The van der Waals surface area contributed by atoms with Crippen LogP contribution in [-0.4, -0.2) is 40.4 Å². The lowest BCUT2D eigenvalue weighted by molar-refractivity contribution is 0.102. The molecule has 29 heavy (non-hydrogen) atoms. The molecule has 7 heteroatoms. The Morgan fingerprint density at radius 3 is 2.66 bits per heavy atom. The maximum atomic E-state index is 12.8. The molecule has 1 aliphatic heterocycles. The molecule has 146 valence electrons. The number of hydrogen-bond donors (Lipinski definition) is 1. The normalized spacial score (nSPS) is 14.3. The van der Waals surface area contributed by atoms with Gasteiger partial charge in [-0.2, -0.15) is 17.0 Å². The van der Waals surface area contributed by atoms with Gasteiger partial charge in [-0.15, -0.1) is 11.3 Å². The van der Waals surface area contributed by atoms with E-state index < -0.39 is 0 Å². The summed E-state index contributed by atoms with van der Waals surface area (Å²) in [7, 11) is 0. The molecule has 0 unspecified atom stereocenters. The average molecular weight is 421 g/mol. The van der Waals surface area contributed by atoms with Gasteiger partial charge in [-0.3, -0.25) is 14.7 Å². The summed E-state index contributed by atoms with van der Waals surface area (Å²) >= 11 is 3.36. The van der Waals surface area contributed by atoms with Crippen LogP contribution in [0.3, 0.4) is 0 Å². The standard InChI is InChI=1S/C22H20N4OS2/c23-14-18-7-8-20(29-18)21-19(2-1-9-24-21)25-22(27)17-5-3-16(4-6-17)15-26-10-12-28-13-11-26/h1-9H,10-13,15H2,(H,25,27). The molecule has 0 spiro atoms. The van der Waals surface area contributed by atoms with Crippen molar-refractivity contribution in [2.24, 2.45) is 0 Å². The van der Waals surface area contributed by atoms with Gasteiger partial charge in [-0.1, -0.05) is 12.1 Å². The zero-order valence-electron chi connectivity index (χ0n) is 15.8. The smallest absolute Gasteiger partial charge is 0.255 e. The van der Waals surface area contributed by atoms with Crippen molar-refractivity contribution in [1.29, 1.82) is 5.26 Å². The van der Waals surface area contributed by atoms with Crippen LogP contribution in [0.4, 0.5) is 5.69 Å². The molecule has 0 bridgehead atoms. The number of carbonyl (C=O) groups excluding carboxylic acids is 1. The quantitative estimate of drug-likeness (QED) is 0.659. The Labute approximate surface area is 178 Å². The van der Waals surface area contributed by atoms with Crippen LogP contribution >= 0.6 is 23.1 Å². The number of nitrogens with one attached hydrogen (secondary N) is 1. The number of hydrogen-bond acceptors (Lipinski definition) is 6. The van der Waals surface area contributed by atoms with E-state index in [2.05, 4.69) is 21.3 Å². The lowest BCUT2D eigenvalue weighted by Gasteiger charge is -2.26. The Bertz CT molecular complexity index is 1030. The minimum absolute atomic E-state index is 0.169. The molecule has 4 rings (SSSR count). The minimum atomic E-state index is -0.169. The van der Waals surface area contributed by atoms with E-state index in [4.69, 9.17) is 5.26 Å². The summed E-state index contributed by atoms with van der Waals surface area (Å²) in [5.41, 5.74) is 3.14. The topological polar surface area (TPSA) is 69.0 Å². The lowest BCUT2D eigenvalue weighted by Crippen LogP contribution is -2.31. The maximum Gasteiger partial charge on any atom is 0.255 e. The number of nitrogens with zero attached hydrogens (tertiary/aromatic N) is 3. The first-order chi connectivity index (χ1) is 14.2. The SMILES string of the molecule is N#Cc1ccc(-c2ncccc2NC(=O)c2ccc(CN3CCSCC3)cc2)s1. The lowest BCUT2D eigenvalue weighted by atomic mass is 10.1. The number of thioether (sulfide) groups is 1. The minimum Gasteiger partial charge on any atom is -0.320 e. The second-order valence-electron chi connectivity index (χ2n) is 6.71. The molecule has 5 nitrogen and oxygen atoms in total. The molecule has 0 saturated carbocycles. The van der Waals surface area contributed by atoms with Crippen molar-refractivity contribution in [1.82, 2.24) is 9.88 Å². The van der Waals surface area contributed by atoms with Crippen LogP contribution in [-0.2, 0) is 6.54 Å². The van der Waals surface area contributed by atoms with Crippen molar-refractivity contribution in [3.63, 3.8) is 0 Å². The van der Waals surface area contributed by atoms with E-state index in [1.165, 1.54) is 28.4 Å². The van der Waals surface area contributed by atoms with Crippen molar-refractivity contribution in [2.45, 2.75) is 6.54 Å². The molecule has 1 fully saturated rings. The van der Waals surface area contributed by atoms with E-state index in [9.17, 15) is 4.79 Å². The van der Waals surface area contributed by atoms with E-state index in [1.807, 2.05) is 48.2 Å². The second-order valence-corrected chi connectivity index (χ2v) is 9.02. The number of pyridine rings is 1. The monoisotopic (exact) mass is 420 g/mol. The first-order valence-electron chi connectivity index (χ1n) is 9.38. The number of carbonyl (C=O) groups is 1. The van der Waals surface area contributed by atoms with Crippen LogP contribution in [0.25, 0.3) is 10.6 Å². The molecule has 1 N–H and O–H groups in total. The first-order valence-corrected chi connectivity index (χ1v) is 11.4. The van der Waals surface area contributed by atoms with Gasteiger partial charge in [0, 0.05) is 42.9 Å².